The predicted octanol–water partition coefficient (Wildman–Crippen LogP) is 0.540. The van der Waals surface area contributed by atoms with Crippen LogP contribution in [0.5, 0.6) is 0 Å². The average molecular weight is 432 g/mol. The number of carbonyl (C=O) groups is 1. The number of nitrogen functional groups attached to an aromatic ring is 1. The summed E-state index contributed by atoms with van der Waals surface area (Å²) in [5, 5.41) is 0.374. The normalized spacial score (nSPS) is 10.9. The van der Waals surface area contributed by atoms with Crippen LogP contribution in [0.1, 0.15) is 5.56 Å². The summed E-state index contributed by atoms with van der Waals surface area (Å²) in [6, 6.07) is 15.9. The molecule has 0 saturated heterocycles. The molecule has 4 aromatic rings. The Bertz CT molecular complexity index is 1490. The number of aromatic nitrogens is 4. The number of H-pyrrole nitrogens is 1. The summed E-state index contributed by atoms with van der Waals surface area (Å²) in [4.78, 5) is 57.8. The molecule has 3 N–H and O–H groups in total. The first-order valence-corrected chi connectivity index (χ1v) is 9.74. The van der Waals surface area contributed by atoms with Crippen LogP contribution in [0.25, 0.3) is 10.9 Å². The van der Waals surface area contributed by atoms with E-state index in [1.54, 1.807) is 24.3 Å². The fraction of sp³-hybridized carbons (Fsp3) is 0.136. The fourth-order valence-electron chi connectivity index (χ4n) is 3.42. The lowest BCUT2D eigenvalue weighted by Gasteiger charge is -2.21. The minimum absolute atomic E-state index is 0.116. The second-order valence-corrected chi connectivity index (χ2v) is 7.21. The molecule has 0 atom stereocenters. The molecule has 32 heavy (non-hydrogen) atoms. The van der Waals surface area contributed by atoms with Crippen molar-refractivity contribution in [2.45, 2.75) is 13.1 Å². The number of carbonyl (C=O) groups excluding carboxylic acids is 1. The third-order valence-corrected chi connectivity index (χ3v) is 5.14. The summed E-state index contributed by atoms with van der Waals surface area (Å²) in [7, 11) is 1.36. The van der Waals surface area contributed by atoms with Gasteiger partial charge in [0.25, 0.3) is 11.1 Å². The number of fused-ring (bicyclic) bond motifs is 1. The quantitative estimate of drug-likeness (QED) is 0.472. The number of hydrogen-bond acceptors (Lipinski definition) is 6. The molecular formula is C22H20N6O4. The van der Waals surface area contributed by atoms with E-state index in [2.05, 4.69) is 9.97 Å². The molecule has 2 aromatic carbocycles. The van der Waals surface area contributed by atoms with Crippen molar-refractivity contribution in [3.63, 3.8) is 0 Å². The Balaban J connectivity index is 1.68. The number of para-hydroxylation sites is 1. The fourth-order valence-corrected chi connectivity index (χ4v) is 3.42. The summed E-state index contributed by atoms with van der Waals surface area (Å²) in [5.41, 5.74) is 5.41. The van der Waals surface area contributed by atoms with Gasteiger partial charge in [0.1, 0.15) is 12.4 Å². The summed E-state index contributed by atoms with van der Waals surface area (Å²) in [6.45, 7) is -0.241. The number of likely N-dealkylation sites (N-methyl/N-ethyl adjacent to an activating group) is 1. The first-order chi connectivity index (χ1) is 15.4. The molecule has 0 fully saturated rings. The number of rotatable bonds is 5. The van der Waals surface area contributed by atoms with Gasteiger partial charge in [-0.05, 0) is 17.7 Å². The summed E-state index contributed by atoms with van der Waals surface area (Å²) in [6.07, 6.45) is 1.28. The van der Waals surface area contributed by atoms with Crippen molar-refractivity contribution in [1.82, 2.24) is 19.1 Å². The maximum Gasteiger partial charge on any atom is 0.330 e. The molecule has 2 aromatic heterocycles. The zero-order valence-electron chi connectivity index (χ0n) is 17.2. The van der Waals surface area contributed by atoms with Crippen LogP contribution >= 0.6 is 0 Å². The van der Waals surface area contributed by atoms with Gasteiger partial charge in [-0.1, -0.05) is 42.5 Å². The monoisotopic (exact) mass is 432 g/mol. The van der Waals surface area contributed by atoms with Crippen LogP contribution in [0.2, 0.25) is 0 Å². The maximum atomic E-state index is 12.9. The average Bonchev–Trinajstić information content (AvgIpc) is 2.79. The van der Waals surface area contributed by atoms with E-state index in [0.29, 0.717) is 10.9 Å². The van der Waals surface area contributed by atoms with E-state index in [9.17, 15) is 19.2 Å². The van der Waals surface area contributed by atoms with Crippen LogP contribution in [-0.2, 0) is 17.9 Å². The molecule has 4 rings (SSSR count). The Labute approximate surface area is 181 Å². The number of amides is 1. The molecule has 162 valence electrons. The van der Waals surface area contributed by atoms with Crippen molar-refractivity contribution >= 4 is 28.3 Å². The number of nitrogens with one attached hydrogen (secondary N) is 1. The number of benzene rings is 2. The number of hydrogen-bond donors (Lipinski definition) is 2. The SMILES string of the molecule is CN(C(=O)Cn1cnc2ccccc2c1=O)c1c(N)n(Cc2ccccc2)c(=O)[nH]c1=O. The molecule has 1 amide bonds. The molecule has 0 unspecified atom stereocenters. The third-order valence-electron chi connectivity index (χ3n) is 5.14. The topological polar surface area (TPSA) is 136 Å². The van der Waals surface area contributed by atoms with Gasteiger partial charge in [-0.15, -0.1) is 0 Å². The first kappa shape index (κ1) is 20.8. The van der Waals surface area contributed by atoms with Gasteiger partial charge in [-0.2, -0.15) is 0 Å². The highest BCUT2D eigenvalue weighted by molar-refractivity contribution is 5.95. The molecule has 10 nitrogen and oxygen atoms in total. The standard InChI is InChI=1S/C22H20N6O4/c1-26(17(29)12-27-13-24-16-10-6-5-9-15(16)21(27)31)18-19(23)28(22(32)25-20(18)30)11-14-7-3-2-4-8-14/h2-10,13H,11-12,23H2,1H3,(H,25,30,32). The van der Waals surface area contributed by atoms with Gasteiger partial charge in [0, 0.05) is 7.05 Å². The smallest absolute Gasteiger partial charge is 0.330 e. The molecule has 0 bridgehead atoms. The second kappa shape index (κ2) is 8.34. The lowest BCUT2D eigenvalue weighted by Crippen LogP contribution is -2.41. The van der Waals surface area contributed by atoms with E-state index in [0.717, 1.165) is 15.0 Å². The van der Waals surface area contributed by atoms with E-state index in [4.69, 9.17) is 5.73 Å². The van der Waals surface area contributed by atoms with Crippen LogP contribution in [0, 0.1) is 0 Å². The van der Waals surface area contributed by atoms with Crippen LogP contribution in [0.3, 0.4) is 0 Å². The number of aromatic amines is 1. The molecule has 0 spiro atoms. The zero-order valence-corrected chi connectivity index (χ0v) is 17.2. The van der Waals surface area contributed by atoms with Crippen molar-refractivity contribution in [3.05, 3.63) is 97.7 Å². The number of anilines is 2. The molecule has 0 aliphatic rings. The highest BCUT2D eigenvalue weighted by Gasteiger charge is 2.22. The number of nitrogens with zero attached hydrogens (tertiary/aromatic N) is 4. The summed E-state index contributed by atoms with van der Waals surface area (Å²) >= 11 is 0. The zero-order chi connectivity index (χ0) is 22.8. The Morgan fingerprint density at radius 2 is 1.75 bits per heavy atom. The maximum absolute atomic E-state index is 12.9. The first-order valence-electron chi connectivity index (χ1n) is 9.74. The van der Waals surface area contributed by atoms with Gasteiger partial charge in [0.2, 0.25) is 5.91 Å². The van der Waals surface area contributed by atoms with Crippen molar-refractivity contribution in [2.24, 2.45) is 0 Å². The molecular weight excluding hydrogens is 412 g/mol. The minimum atomic E-state index is -0.795. The van der Waals surface area contributed by atoms with Gasteiger partial charge in [0.15, 0.2) is 5.69 Å². The van der Waals surface area contributed by atoms with Gasteiger partial charge >= 0.3 is 5.69 Å². The van der Waals surface area contributed by atoms with Gasteiger partial charge < -0.3 is 10.6 Å². The summed E-state index contributed by atoms with van der Waals surface area (Å²) < 4.78 is 2.34. The lowest BCUT2D eigenvalue weighted by atomic mass is 10.2. The minimum Gasteiger partial charge on any atom is -0.383 e. The molecule has 0 aliphatic carbocycles. The van der Waals surface area contributed by atoms with Crippen LogP contribution in [-0.4, -0.2) is 32.1 Å². The van der Waals surface area contributed by atoms with E-state index >= 15 is 0 Å². The second-order valence-electron chi connectivity index (χ2n) is 7.21. The Kier molecular flexibility index (Phi) is 5.42. The van der Waals surface area contributed by atoms with Crippen molar-refractivity contribution < 1.29 is 4.79 Å². The highest BCUT2D eigenvalue weighted by atomic mass is 16.2. The van der Waals surface area contributed by atoms with Gasteiger partial charge in [-0.3, -0.25) is 28.5 Å². The predicted molar refractivity (Wildman–Crippen MR) is 121 cm³/mol. The van der Waals surface area contributed by atoms with Crippen molar-refractivity contribution in [2.75, 3.05) is 17.7 Å². The highest BCUT2D eigenvalue weighted by Crippen LogP contribution is 2.17. The van der Waals surface area contributed by atoms with E-state index in [1.807, 2.05) is 30.3 Å². The van der Waals surface area contributed by atoms with Crippen LogP contribution < -0.4 is 27.4 Å². The van der Waals surface area contributed by atoms with Gasteiger partial charge in [-0.25, -0.2) is 9.78 Å². The molecule has 2 heterocycles. The number of nitrogens with two attached hydrogens (primary N) is 1. The lowest BCUT2D eigenvalue weighted by molar-refractivity contribution is -0.118. The summed E-state index contributed by atoms with van der Waals surface area (Å²) in [5.74, 6) is -0.728. The largest absolute Gasteiger partial charge is 0.383 e. The van der Waals surface area contributed by atoms with Crippen molar-refractivity contribution in [3.8, 4) is 0 Å². The van der Waals surface area contributed by atoms with E-state index in [-0.39, 0.29) is 30.2 Å². The Morgan fingerprint density at radius 1 is 1.06 bits per heavy atom. The molecule has 0 radical (unpaired) electrons. The molecule has 10 heteroatoms. The third kappa shape index (κ3) is 3.81. The molecule has 0 aliphatic heterocycles. The van der Waals surface area contributed by atoms with Crippen LogP contribution in [0.15, 0.2) is 75.3 Å². The molecule has 0 saturated carbocycles. The van der Waals surface area contributed by atoms with Gasteiger partial charge in [0.05, 0.1) is 23.8 Å². The van der Waals surface area contributed by atoms with E-state index < -0.39 is 17.2 Å². The van der Waals surface area contributed by atoms with E-state index in [1.165, 1.54) is 17.9 Å². The Hall–Kier alpha value is -4.47. The Morgan fingerprint density at radius 3 is 2.50 bits per heavy atom. The van der Waals surface area contributed by atoms with Crippen molar-refractivity contribution in [1.29, 1.82) is 0 Å². The van der Waals surface area contributed by atoms with Crippen LogP contribution in [0.4, 0.5) is 11.5 Å².